The number of non-ortho nitro benzene ring substituents is 1. The fourth-order valence-corrected chi connectivity index (χ4v) is 1.94. The zero-order valence-electron chi connectivity index (χ0n) is 11.9. The lowest BCUT2D eigenvalue weighted by Crippen LogP contribution is -2.15. The van der Waals surface area contributed by atoms with E-state index in [4.69, 9.17) is 0 Å². The minimum absolute atomic E-state index is 0.0359. The van der Waals surface area contributed by atoms with E-state index in [9.17, 15) is 14.9 Å². The number of nitro benzene ring substituents is 1. The van der Waals surface area contributed by atoms with Crippen LogP contribution in [0.5, 0.6) is 0 Å². The molecule has 2 rings (SSSR count). The molecule has 0 atom stereocenters. The van der Waals surface area contributed by atoms with Crippen LogP contribution in [0.1, 0.15) is 16.7 Å². The molecular formula is C16H16N2O3. The lowest BCUT2D eigenvalue weighted by atomic mass is 10.1. The van der Waals surface area contributed by atoms with Crippen LogP contribution in [0, 0.1) is 24.0 Å². The molecule has 0 aliphatic rings. The van der Waals surface area contributed by atoms with Crippen molar-refractivity contribution in [1.29, 1.82) is 0 Å². The number of nitro groups is 1. The lowest BCUT2D eigenvalue weighted by molar-refractivity contribution is -0.384. The molecule has 108 valence electrons. The summed E-state index contributed by atoms with van der Waals surface area (Å²) in [6.45, 7) is 3.78. The van der Waals surface area contributed by atoms with Gasteiger partial charge in [-0.1, -0.05) is 35.9 Å². The van der Waals surface area contributed by atoms with Gasteiger partial charge >= 0.3 is 0 Å². The first-order valence-corrected chi connectivity index (χ1v) is 6.56. The quantitative estimate of drug-likeness (QED) is 0.691. The Morgan fingerprint density at radius 3 is 2.43 bits per heavy atom. The van der Waals surface area contributed by atoms with Gasteiger partial charge in [0.05, 0.1) is 17.0 Å². The van der Waals surface area contributed by atoms with Crippen LogP contribution < -0.4 is 5.32 Å². The Morgan fingerprint density at radius 1 is 1.14 bits per heavy atom. The smallest absolute Gasteiger partial charge is 0.271 e. The van der Waals surface area contributed by atoms with Crippen LogP contribution in [0.25, 0.3) is 0 Å². The van der Waals surface area contributed by atoms with E-state index in [-0.39, 0.29) is 18.0 Å². The summed E-state index contributed by atoms with van der Waals surface area (Å²) >= 11 is 0. The van der Waals surface area contributed by atoms with Crippen molar-refractivity contribution in [2.24, 2.45) is 0 Å². The molecule has 0 spiro atoms. The Morgan fingerprint density at radius 2 is 1.81 bits per heavy atom. The van der Waals surface area contributed by atoms with Gasteiger partial charge in [-0.05, 0) is 25.0 Å². The maximum Gasteiger partial charge on any atom is 0.271 e. The summed E-state index contributed by atoms with van der Waals surface area (Å²) in [5, 5.41) is 13.5. The average Bonchev–Trinajstić information content (AvgIpc) is 2.43. The summed E-state index contributed by atoms with van der Waals surface area (Å²) < 4.78 is 0. The topological polar surface area (TPSA) is 72.2 Å². The van der Waals surface area contributed by atoms with Crippen LogP contribution in [0.15, 0.2) is 42.5 Å². The highest BCUT2D eigenvalue weighted by Crippen LogP contribution is 2.22. The van der Waals surface area contributed by atoms with Gasteiger partial charge in [0, 0.05) is 12.1 Å². The fourth-order valence-electron chi connectivity index (χ4n) is 1.94. The molecule has 0 bridgehead atoms. The van der Waals surface area contributed by atoms with E-state index in [1.54, 1.807) is 13.0 Å². The Balaban J connectivity index is 2.10. The number of rotatable bonds is 4. The second-order valence-electron chi connectivity index (χ2n) is 4.97. The molecule has 1 amide bonds. The first-order chi connectivity index (χ1) is 9.95. The number of carbonyl (C=O) groups is 1. The normalized spacial score (nSPS) is 10.2. The number of hydrogen-bond acceptors (Lipinski definition) is 3. The van der Waals surface area contributed by atoms with Crippen LogP contribution in [-0.4, -0.2) is 10.8 Å². The van der Waals surface area contributed by atoms with Gasteiger partial charge < -0.3 is 5.32 Å². The zero-order chi connectivity index (χ0) is 15.4. The van der Waals surface area contributed by atoms with Gasteiger partial charge in [0.25, 0.3) is 5.69 Å². The molecule has 0 unspecified atom stereocenters. The summed E-state index contributed by atoms with van der Waals surface area (Å²) in [6, 6.07) is 12.1. The van der Waals surface area contributed by atoms with E-state index in [2.05, 4.69) is 5.32 Å². The largest absolute Gasteiger partial charge is 0.325 e. The highest BCUT2D eigenvalue weighted by Gasteiger charge is 2.11. The van der Waals surface area contributed by atoms with Gasteiger partial charge in [0.2, 0.25) is 5.91 Å². The molecule has 0 saturated heterocycles. The standard InChI is InChI=1S/C16H16N2O3/c1-11-3-6-13(7-4-11)9-16(19)17-15-10-14(18(20)21)8-5-12(15)2/h3-8,10H,9H2,1-2H3,(H,17,19). The molecule has 2 aromatic carbocycles. The van der Waals surface area contributed by atoms with Gasteiger partial charge in [-0.2, -0.15) is 0 Å². The number of carbonyl (C=O) groups excluding carboxylic acids is 1. The van der Waals surface area contributed by atoms with E-state index < -0.39 is 4.92 Å². The van der Waals surface area contributed by atoms with Crippen LogP contribution in [-0.2, 0) is 11.2 Å². The van der Waals surface area contributed by atoms with E-state index in [0.717, 1.165) is 16.7 Å². The summed E-state index contributed by atoms with van der Waals surface area (Å²) in [5.41, 5.74) is 3.26. The van der Waals surface area contributed by atoms with E-state index >= 15 is 0 Å². The number of nitrogens with zero attached hydrogens (tertiary/aromatic N) is 1. The van der Waals surface area contributed by atoms with Crippen molar-refractivity contribution < 1.29 is 9.72 Å². The van der Waals surface area contributed by atoms with Crippen molar-refractivity contribution in [3.8, 4) is 0 Å². The molecule has 5 heteroatoms. The van der Waals surface area contributed by atoms with Crippen molar-refractivity contribution in [3.05, 3.63) is 69.3 Å². The number of anilines is 1. The highest BCUT2D eigenvalue weighted by atomic mass is 16.6. The third-order valence-electron chi connectivity index (χ3n) is 3.19. The highest BCUT2D eigenvalue weighted by molar-refractivity contribution is 5.93. The average molecular weight is 284 g/mol. The lowest BCUT2D eigenvalue weighted by Gasteiger charge is -2.08. The molecule has 5 nitrogen and oxygen atoms in total. The Bertz CT molecular complexity index is 678. The van der Waals surface area contributed by atoms with E-state index in [1.165, 1.54) is 12.1 Å². The second-order valence-corrected chi connectivity index (χ2v) is 4.97. The summed E-state index contributed by atoms with van der Waals surface area (Å²) in [4.78, 5) is 22.3. The van der Waals surface area contributed by atoms with Crippen LogP contribution in [0.3, 0.4) is 0 Å². The van der Waals surface area contributed by atoms with Crippen LogP contribution in [0.2, 0.25) is 0 Å². The maximum absolute atomic E-state index is 12.0. The van der Waals surface area contributed by atoms with Crippen molar-refractivity contribution in [2.75, 3.05) is 5.32 Å². The third-order valence-corrected chi connectivity index (χ3v) is 3.19. The molecule has 0 aliphatic carbocycles. The van der Waals surface area contributed by atoms with Crippen molar-refractivity contribution in [2.45, 2.75) is 20.3 Å². The zero-order valence-corrected chi connectivity index (χ0v) is 11.9. The number of benzene rings is 2. The number of hydrogen-bond donors (Lipinski definition) is 1. The maximum atomic E-state index is 12.0. The van der Waals surface area contributed by atoms with Gasteiger partial charge in [-0.25, -0.2) is 0 Å². The Kier molecular flexibility index (Phi) is 4.33. The molecular weight excluding hydrogens is 268 g/mol. The van der Waals surface area contributed by atoms with Crippen LogP contribution >= 0.6 is 0 Å². The first-order valence-electron chi connectivity index (χ1n) is 6.56. The predicted octanol–water partition coefficient (Wildman–Crippen LogP) is 3.39. The Labute approximate surface area is 122 Å². The van der Waals surface area contributed by atoms with Gasteiger partial charge in [0.1, 0.15) is 0 Å². The van der Waals surface area contributed by atoms with Gasteiger partial charge in [-0.15, -0.1) is 0 Å². The monoisotopic (exact) mass is 284 g/mol. The number of amides is 1. The van der Waals surface area contributed by atoms with E-state index in [0.29, 0.717) is 5.69 Å². The minimum atomic E-state index is -0.477. The number of aryl methyl sites for hydroxylation is 2. The number of nitrogens with one attached hydrogen (secondary N) is 1. The van der Waals surface area contributed by atoms with Gasteiger partial charge in [0.15, 0.2) is 0 Å². The second kappa shape index (κ2) is 6.17. The van der Waals surface area contributed by atoms with Crippen molar-refractivity contribution in [1.82, 2.24) is 0 Å². The van der Waals surface area contributed by atoms with E-state index in [1.807, 2.05) is 31.2 Å². The first kappa shape index (κ1) is 14.7. The fraction of sp³-hybridized carbons (Fsp3) is 0.188. The molecule has 1 N–H and O–H groups in total. The SMILES string of the molecule is Cc1ccc(CC(=O)Nc2cc([N+](=O)[O-])ccc2C)cc1. The molecule has 0 saturated carbocycles. The molecule has 21 heavy (non-hydrogen) atoms. The minimum Gasteiger partial charge on any atom is -0.325 e. The molecule has 0 radical (unpaired) electrons. The molecule has 0 heterocycles. The molecule has 0 aromatic heterocycles. The summed E-state index contributed by atoms with van der Waals surface area (Å²) in [5.74, 6) is -0.192. The predicted molar refractivity (Wildman–Crippen MR) is 81.3 cm³/mol. The van der Waals surface area contributed by atoms with Crippen molar-refractivity contribution in [3.63, 3.8) is 0 Å². The Hall–Kier alpha value is -2.69. The summed E-state index contributed by atoms with van der Waals surface area (Å²) in [6.07, 6.45) is 0.239. The van der Waals surface area contributed by atoms with Crippen LogP contribution in [0.4, 0.5) is 11.4 Å². The molecule has 0 aliphatic heterocycles. The van der Waals surface area contributed by atoms with Crippen molar-refractivity contribution >= 4 is 17.3 Å². The third kappa shape index (κ3) is 3.89. The molecule has 0 fully saturated rings. The van der Waals surface area contributed by atoms with Gasteiger partial charge in [-0.3, -0.25) is 14.9 Å². The summed E-state index contributed by atoms with van der Waals surface area (Å²) in [7, 11) is 0. The molecule has 2 aromatic rings.